The predicted octanol–water partition coefficient (Wildman–Crippen LogP) is 1.61. The van der Waals surface area contributed by atoms with E-state index < -0.39 is 11.8 Å². The van der Waals surface area contributed by atoms with Crippen molar-refractivity contribution in [2.75, 3.05) is 0 Å². The number of nitrogens with zero attached hydrogens (tertiary/aromatic N) is 2. The zero-order valence-corrected chi connectivity index (χ0v) is 13.1. The molecule has 0 saturated heterocycles. The fraction of sp³-hybridized carbons (Fsp3) is 0.0667. The Labute approximate surface area is 135 Å². The lowest BCUT2D eigenvalue weighted by molar-refractivity contribution is -0.139. The Morgan fingerprint density at radius 1 is 1.23 bits per heavy atom. The van der Waals surface area contributed by atoms with Gasteiger partial charge in [0.2, 0.25) is 0 Å². The van der Waals surface area contributed by atoms with E-state index in [2.05, 4.69) is 36.8 Å². The van der Waals surface area contributed by atoms with Crippen LogP contribution in [0, 0.1) is 0 Å². The van der Waals surface area contributed by atoms with E-state index in [0.717, 1.165) is 15.6 Å². The Kier molecular flexibility index (Phi) is 5.79. The molecule has 112 valence electrons. The molecule has 0 unspecified atom stereocenters. The zero-order chi connectivity index (χ0) is 15.8. The molecule has 7 heteroatoms. The number of hydrogen-bond acceptors (Lipinski definition) is 4. The lowest BCUT2D eigenvalue weighted by atomic mass is 10.2. The van der Waals surface area contributed by atoms with Crippen LogP contribution in [0.1, 0.15) is 11.1 Å². The van der Waals surface area contributed by atoms with Gasteiger partial charge in [0.25, 0.3) is 0 Å². The first-order valence-corrected chi connectivity index (χ1v) is 7.20. The Morgan fingerprint density at radius 2 is 2.09 bits per heavy atom. The van der Waals surface area contributed by atoms with E-state index in [1.807, 2.05) is 24.3 Å². The summed E-state index contributed by atoms with van der Waals surface area (Å²) in [6.07, 6.45) is 4.70. The van der Waals surface area contributed by atoms with Gasteiger partial charge in [-0.25, -0.2) is 5.43 Å². The summed E-state index contributed by atoms with van der Waals surface area (Å²) in [5.41, 5.74) is 3.78. The second-order valence-corrected chi connectivity index (χ2v) is 5.21. The quantitative estimate of drug-likeness (QED) is 0.493. The number of benzene rings is 1. The number of carbonyl (C=O) groups excluding carboxylic acids is 2. The van der Waals surface area contributed by atoms with Crippen LogP contribution < -0.4 is 10.7 Å². The van der Waals surface area contributed by atoms with Crippen LogP contribution in [0.5, 0.6) is 0 Å². The number of nitrogens with one attached hydrogen (secondary N) is 2. The molecular weight excluding hydrogens is 348 g/mol. The van der Waals surface area contributed by atoms with Gasteiger partial charge in [-0.1, -0.05) is 34.1 Å². The van der Waals surface area contributed by atoms with Gasteiger partial charge in [-0.2, -0.15) is 5.10 Å². The van der Waals surface area contributed by atoms with Crippen molar-refractivity contribution in [3.63, 3.8) is 0 Å². The zero-order valence-electron chi connectivity index (χ0n) is 11.5. The number of hydrogen-bond donors (Lipinski definition) is 2. The molecule has 0 radical (unpaired) electrons. The summed E-state index contributed by atoms with van der Waals surface area (Å²) in [5.74, 6) is -1.58. The van der Waals surface area contributed by atoms with E-state index in [0.29, 0.717) is 0 Å². The molecule has 0 aliphatic rings. The van der Waals surface area contributed by atoms with Crippen molar-refractivity contribution in [2.24, 2.45) is 5.10 Å². The van der Waals surface area contributed by atoms with E-state index >= 15 is 0 Å². The van der Waals surface area contributed by atoms with Crippen molar-refractivity contribution in [3.8, 4) is 0 Å². The van der Waals surface area contributed by atoms with Gasteiger partial charge in [0, 0.05) is 23.4 Å². The third kappa shape index (κ3) is 5.10. The van der Waals surface area contributed by atoms with Crippen LogP contribution in [0.2, 0.25) is 0 Å². The van der Waals surface area contributed by atoms with Gasteiger partial charge in [-0.15, -0.1) is 0 Å². The minimum atomic E-state index is -0.824. The molecule has 0 aliphatic carbocycles. The normalized spacial score (nSPS) is 10.4. The first-order valence-electron chi connectivity index (χ1n) is 6.41. The van der Waals surface area contributed by atoms with Gasteiger partial charge >= 0.3 is 11.8 Å². The summed E-state index contributed by atoms with van der Waals surface area (Å²) >= 11 is 3.33. The van der Waals surface area contributed by atoms with Crippen LogP contribution in [0.3, 0.4) is 0 Å². The largest absolute Gasteiger partial charge is 0.344 e. The fourth-order valence-electron chi connectivity index (χ4n) is 1.57. The minimum Gasteiger partial charge on any atom is -0.344 e. The van der Waals surface area contributed by atoms with E-state index in [1.165, 1.54) is 6.21 Å². The van der Waals surface area contributed by atoms with Gasteiger partial charge in [-0.05, 0) is 29.3 Å². The summed E-state index contributed by atoms with van der Waals surface area (Å²) in [6, 6.07) is 10.9. The molecule has 2 amide bonds. The average molecular weight is 361 g/mol. The molecular formula is C15H13BrN4O2. The fourth-order valence-corrected chi connectivity index (χ4v) is 1.99. The number of amides is 2. The monoisotopic (exact) mass is 360 g/mol. The molecule has 22 heavy (non-hydrogen) atoms. The molecule has 2 N–H and O–H groups in total. The molecule has 0 spiro atoms. The average Bonchev–Trinajstić information content (AvgIpc) is 2.53. The standard InChI is InChI=1S/C15H13BrN4O2/c16-13-5-1-3-11(7-13)10-19-20-15(22)14(21)18-9-12-4-2-6-17-8-12/h1-8,10H,9H2,(H,18,21)(H,20,22)/b19-10+. The van der Waals surface area contributed by atoms with Crippen molar-refractivity contribution in [1.29, 1.82) is 0 Å². The Balaban J connectivity index is 1.80. The van der Waals surface area contributed by atoms with Crippen LogP contribution in [0.25, 0.3) is 0 Å². The van der Waals surface area contributed by atoms with Gasteiger partial charge in [-0.3, -0.25) is 14.6 Å². The maximum absolute atomic E-state index is 11.6. The summed E-state index contributed by atoms with van der Waals surface area (Å²) < 4.78 is 0.900. The van der Waals surface area contributed by atoms with Crippen molar-refractivity contribution in [3.05, 3.63) is 64.4 Å². The highest BCUT2D eigenvalue weighted by Crippen LogP contribution is 2.09. The van der Waals surface area contributed by atoms with Crippen LogP contribution in [0.15, 0.2) is 58.4 Å². The molecule has 0 atom stereocenters. The number of rotatable bonds is 4. The Hall–Kier alpha value is -2.54. The highest BCUT2D eigenvalue weighted by molar-refractivity contribution is 9.10. The number of hydrazone groups is 1. The van der Waals surface area contributed by atoms with Gasteiger partial charge in [0.15, 0.2) is 0 Å². The first-order chi connectivity index (χ1) is 10.6. The van der Waals surface area contributed by atoms with Crippen molar-refractivity contribution >= 4 is 34.0 Å². The topological polar surface area (TPSA) is 83.5 Å². The van der Waals surface area contributed by atoms with Crippen LogP contribution in [-0.2, 0) is 16.1 Å². The number of aromatic nitrogens is 1. The number of halogens is 1. The third-order valence-corrected chi connectivity index (χ3v) is 3.10. The molecule has 6 nitrogen and oxygen atoms in total. The predicted molar refractivity (Wildman–Crippen MR) is 86.0 cm³/mol. The van der Waals surface area contributed by atoms with Gasteiger partial charge in [0.1, 0.15) is 0 Å². The SMILES string of the molecule is O=C(NCc1cccnc1)C(=O)N/N=C/c1cccc(Br)c1. The van der Waals surface area contributed by atoms with Crippen molar-refractivity contribution in [1.82, 2.24) is 15.7 Å². The molecule has 2 rings (SSSR count). The second-order valence-electron chi connectivity index (χ2n) is 4.30. The van der Waals surface area contributed by atoms with Crippen LogP contribution >= 0.6 is 15.9 Å². The van der Waals surface area contributed by atoms with E-state index in [1.54, 1.807) is 24.5 Å². The molecule has 1 heterocycles. The Morgan fingerprint density at radius 3 is 2.82 bits per heavy atom. The first kappa shape index (κ1) is 15.8. The molecule has 1 aromatic heterocycles. The molecule has 0 bridgehead atoms. The van der Waals surface area contributed by atoms with Gasteiger partial charge < -0.3 is 5.32 Å². The van der Waals surface area contributed by atoms with Gasteiger partial charge in [0.05, 0.1) is 6.21 Å². The maximum atomic E-state index is 11.6. The lowest BCUT2D eigenvalue weighted by Gasteiger charge is -2.03. The number of pyridine rings is 1. The molecule has 0 fully saturated rings. The lowest BCUT2D eigenvalue weighted by Crippen LogP contribution is -2.37. The molecule has 0 aliphatic heterocycles. The molecule has 2 aromatic rings. The maximum Gasteiger partial charge on any atom is 0.329 e. The molecule has 0 saturated carbocycles. The minimum absolute atomic E-state index is 0.232. The smallest absolute Gasteiger partial charge is 0.329 e. The summed E-state index contributed by atoms with van der Waals surface area (Å²) in [7, 11) is 0. The summed E-state index contributed by atoms with van der Waals surface area (Å²) in [5, 5.41) is 6.22. The van der Waals surface area contributed by atoms with E-state index in [4.69, 9.17) is 0 Å². The summed E-state index contributed by atoms with van der Waals surface area (Å²) in [4.78, 5) is 27.1. The van der Waals surface area contributed by atoms with Crippen LogP contribution in [0.4, 0.5) is 0 Å². The molecule has 1 aromatic carbocycles. The highest BCUT2D eigenvalue weighted by Gasteiger charge is 2.11. The van der Waals surface area contributed by atoms with Crippen molar-refractivity contribution < 1.29 is 9.59 Å². The highest BCUT2D eigenvalue weighted by atomic mass is 79.9. The van der Waals surface area contributed by atoms with Crippen molar-refractivity contribution in [2.45, 2.75) is 6.54 Å². The third-order valence-electron chi connectivity index (χ3n) is 2.61. The second kappa shape index (κ2) is 8.04. The van der Waals surface area contributed by atoms with E-state index in [-0.39, 0.29) is 6.54 Å². The van der Waals surface area contributed by atoms with Crippen LogP contribution in [-0.4, -0.2) is 23.0 Å². The Bertz CT molecular complexity index is 689. The summed E-state index contributed by atoms with van der Waals surface area (Å²) in [6.45, 7) is 0.232. The number of carbonyl (C=O) groups is 2. The van der Waals surface area contributed by atoms with E-state index in [9.17, 15) is 9.59 Å².